The summed E-state index contributed by atoms with van der Waals surface area (Å²) in [5, 5.41) is 14.5. The maximum absolute atomic E-state index is 12.9. The Morgan fingerprint density at radius 2 is 2.00 bits per heavy atom. The quantitative estimate of drug-likeness (QED) is 0.456. The third kappa shape index (κ3) is 5.72. The number of carboxylic acid groups (broad SMARTS) is 1. The van der Waals surface area contributed by atoms with Gasteiger partial charge in [-0.3, -0.25) is 24.7 Å². The molecule has 0 aliphatic carbocycles. The van der Waals surface area contributed by atoms with Gasteiger partial charge in [0.1, 0.15) is 11.5 Å². The average molecular weight is 528 g/mol. The maximum Gasteiger partial charge on any atom is 0.317 e. The molecule has 3 aromatic heterocycles. The van der Waals surface area contributed by atoms with Crippen molar-refractivity contribution in [3.05, 3.63) is 40.5 Å². The predicted octanol–water partition coefficient (Wildman–Crippen LogP) is 3.10. The molecule has 2 fully saturated rings. The minimum Gasteiger partial charge on any atom is -0.480 e. The first-order valence-electron chi connectivity index (χ1n) is 12.1. The molecule has 10 nitrogen and oxygen atoms in total. The zero-order valence-electron chi connectivity index (χ0n) is 20.1. The summed E-state index contributed by atoms with van der Waals surface area (Å²) in [6, 6.07) is 4.63. The highest BCUT2D eigenvalue weighted by Gasteiger charge is 2.25. The molecule has 1 amide bonds. The molecule has 12 heteroatoms. The van der Waals surface area contributed by atoms with Gasteiger partial charge in [-0.1, -0.05) is 17.4 Å². The number of aliphatic carboxylic acids is 1. The van der Waals surface area contributed by atoms with Gasteiger partial charge in [0.25, 0.3) is 5.91 Å². The van der Waals surface area contributed by atoms with Crippen molar-refractivity contribution < 1.29 is 14.7 Å². The summed E-state index contributed by atoms with van der Waals surface area (Å²) in [5.41, 5.74) is 1.17. The summed E-state index contributed by atoms with van der Waals surface area (Å²) in [6.45, 7) is 6.84. The summed E-state index contributed by atoms with van der Waals surface area (Å²) < 4.78 is 0. The van der Waals surface area contributed by atoms with Crippen LogP contribution in [0, 0.1) is 0 Å². The van der Waals surface area contributed by atoms with Crippen LogP contribution in [-0.4, -0.2) is 87.0 Å². The number of thiophene rings is 1. The SMILES string of the molecule is C[C@@H]1CCCN1Cc1sc(NC(=O)c2cnc(N3CCN(CC(=O)O)CC3)cn2)nc1-c1cccs1. The molecule has 0 unspecified atom stereocenters. The highest BCUT2D eigenvalue weighted by molar-refractivity contribution is 7.17. The lowest BCUT2D eigenvalue weighted by molar-refractivity contribution is -0.138. The summed E-state index contributed by atoms with van der Waals surface area (Å²) in [4.78, 5) is 46.0. The molecule has 190 valence electrons. The molecule has 5 rings (SSSR count). The highest BCUT2D eigenvalue weighted by atomic mass is 32.1. The van der Waals surface area contributed by atoms with E-state index in [1.165, 1.54) is 30.4 Å². The van der Waals surface area contributed by atoms with E-state index in [0.717, 1.165) is 28.5 Å². The van der Waals surface area contributed by atoms with Crippen LogP contribution < -0.4 is 10.2 Å². The van der Waals surface area contributed by atoms with Gasteiger partial charge in [0.05, 0.1) is 29.5 Å². The van der Waals surface area contributed by atoms with Gasteiger partial charge < -0.3 is 10.0 Å². The van der Waals surface area contributed by atoms with Crippen LogP contribution in [0.4, 0.5) is 10.9 Å². The van der Waals surface area contributed by atoms with Crippen LogP contribution >= 0.6 is 22.7 Å². The van der Waals surface area contributed by atoms with Crippen molar-refractivity contribution in [3.63, 3.8) is 0 Å². The van der Waals surface area contributed by atoms with Gasteiger partial charge in [-0.25, -0.2) is 15.0 Å². The zero-order valence-corrected chi connectivity index (χ0v) is 21.7. The number of likely N-dealkylation sites (tertiary alicyclic amines) is 1. The number of carbonyl (C=O) groups excluding carboxylic acids is 1. The van der Waals surface area contributed by atoms with Gasteiger partial charge in [0, 0.05) is 43.6 Å². The van der Waals surface area contributed by atoms with E-state index in [1.54, 1.807) is 17.5 Å². The molecule has 2 N–H and O–H groups in total. The average Bonchev–Trinajstić information content (AvgIpc) is 3.62. The molecule has 0 aromatic carbocycles. The van der Waals surface area contributed by atoms with Crippen LogP contribution in [0.1, 0.15) is 35.1 Å². The minimum absolute atomic E-state index is 0.0440. The van der Waals surface area contributed by atoms with E-state index in [1.807, 2.05) is 21.2 Å². The number of hydrogen-bond donors (Lipinski definition) is 2. The zero-order chi connectivity index (χ0) is 25.1. The van der Waals surface area contributed by atoms with E-state index in [2.05, 4.69) is 33.2 Å². The Morgan fingerprint density at radius 3 is 2.64 bits per heavy atom. The summed E-state index contributed by atoms with van der Waals surface area (Å²) >= 11 is 3.17. The third-order valence-corrected chi connectivity index (χ3v) is 8.47. The second-order valence-corrected chi connectivity index (χ2v) is 11.1. The van der Waals surface area contributed by atoms with Crippen LogP contribution in [-0.2, 0) is 11.3 Å². The van der Waals surface area contributed by atoms with Crippen molar-refractivity contribution in [1.82, 2.24) is 24.8 Å². The van der Waals surface area contributed by atoms with Crippen molar-refractivity contribution in [1.29, 1.82) is 0 Å². The first kappa shape index (κ1) is 24.8. The van der Waals surface area contributed by atoms with Crippen molar-refractivity contribution in [2.24, 2.45) is 0 Å². The number of rotatable bonds is 8. The number of carbonyl (C=O) groups is 2. The van der Waals surface area contributed by atoms with Crippen LogP contribution in [0.3, 0.4) is 0 Å². The van der Waals surface area contributed by atoms with Crippen LogP contribution in [0.15, 0.2) is 29.9 Å². The third-order valence-electron chi connectivity index (χ3n) is 6.64. The molecule has 0 radical (unpaired) electrons. The second-order valence-electron chi connectivity index (χ2n) is 9.10. The second kappa shape index (κ2) is 11.0. The Labute approximate surface area is 217 Å². The van der Waals surface area contributed by atoms with Crippen molar-refractivity contribution in [2.45, 2.75) is 32.4 Å². The molecule has 2 saturated heterocycles. The topological polar surface area (TPSA) is 115 Å². The molecular formula is C24H29N7O3S2. The Hall–Kier alpha value is -2.93. The predicted molar refractivity (Wildman–Crippen MR) is 141 cm³/mol. The number of nitrogens with zero attached hydrogens (tertiary/aromatic N) is 6. The van der Waals surface area contributed by atoms with E-state index >= 15 is 0 Å². The largest absolute Gasteiger partial charge is 0.480 e. The van der Waals surface area contributed by atoms with Gasteiger partial charge in [-0.2, -0.15) is 0 Å². The number of anilines is 2. The van der Waals surface area contributed by atoms with Crippen molar-refractivity contribution in [3.8, 4) is 10.6 Å². The summed E-state index contributed by atoms with van der Waals surface area (Å²) in [6.07, 6.45) is 5.50. The number of thiazole rings is 1. The van der Waals surface area contributed by atoms with Gasteiger partial charge in [-0.15, -0.1) is 11.3 Å². The normalized spacial score (nSPS) is 19.0. The lowest BCUT2D eigenvalue weighted by Crippen LogP contribution is -2.48. The van der Waals surface area contributed by atoms with Gasteiger partial charge in [-0.05, 0) is 37.8 Å². The first-order valence-corrected chi connectivity index (χ1v) is 13.8. The minimum atomic E-state index is -0.820. The van der Waals surface area contributed by atoms with E-state index in [0.29, 0.717) is 43.2 Å². The lowest BCUT2D eigenvalue weighted by atomic mass is 10.2. The number of nitrogens with one attached hydrogen (secondary N) is 1. The van der Waals surface area contributed by atoms with Crippen LogP contribution in [0.5, 0.6) is 0 Å². The molecular weight excluding hydrogens is 498 g/mol. The summed E-state index contributed by atoms with van der Waals surface area (Å²) in [5.74, 6) is -0.482. The fourth-order valence-electron chi connectivity index (χ4n) is 4.62. The molecule has 2 aliphatic heterocycles. The Morgan fingerprint density at radius 1 is 1.17 bits per heavy atom. The van der Waals surface area contributed by atoms with E-state index in [-0.39, 0.29) is 18.1 Å². The van der Waals surface area contributed by atoms with Crippen LogP contribution in [0.2, 0.25) is 0 Å². The van der Waals surface area contributed by atoms with Gasteiger partial charge in [0.2, 0.25) is 0 Å². The smallest absolute Gasteiger partial charge is 0.317 e. The van der Waals surface area contributed by atoms with Crippen molar-refractivity contribution in [2.75, 3.05) is 49.5 Å². The Bertz CT molecular complexity index is 1190. The number of hydrogen-bond acceptors (Lipinski definition) is 10. The van der Waals surface area contributed by atoms with E-state index in [9.17, 15) is 9.59 Å². The summed E-state index contributed by atoms with van der Waals surface area (Å²) in [7, 11) is 0. The highest BCUT2D eigenvalue weighted by Crippen LogP contribution is 2.36. The van der Waals surface area contributed by atoms with Gasteiger partial charge in [0.15, 0.2) is 5.13 Å². The number of aromatic nitrogens is 3. The molecule has 2 aliphatic rings. The standard InChI is InChI=1S/C24H29N7O3S2/c1-16-4-2-6-31(16)14-19-22(18-5-3-11-35-18)27-24(36-19)28-23(34)17-12-26-20(13-25-17)30-9-7-29(8-10-30)15-21(32)33/h3,5,11-13,16H,2,4,6-10,14-15H2,1H3,(H,32,33)(H,27,28,34)/t16-/m1/s1. The number of amides is 1. The lowest BCUT2D eigenvalue weighted by Gasteiger charge is -2.34. The number of carboxylic acids is 1. The van der Waals surface area contributed by atoms with Crippen molar-refractivity contribution >= 4 is 45.5 Å². The fourth-order valence-corrected chi connectivity index (χ4v) is 6.42. The molecule has 3 aromatic rings. The monoisotopic (exact) mass is 527 g/mol. The molecule has 0 spiro atoms. The molecule has 0 bridgehead atoms. The fraction of sp³-hybridized carbons (Fsp3) is 0.458. The Kier molecular flexibility index (Phi) is 7.56. The molecule has 0 saturated carbocycles. The maximum atomic E-state index is 12.9. The van der Waals surface area contributed by atoms with E-state index < -0.39 is 5.97 Å². The molecule has 5 heterocycles. The Balaban J connectivity index is 1.24. The van der Waals surface area contributed by atoms with Crippen LogP contribution in [0.25, 0.3) is 10.6 Å². The molecule has 36 heavy (non-hydrogen) atoms. The number of piperazine rings is 1. The first-order chi connectivity index (χ1) is 17.5. The van der Waals surface area contributed by atoms with Gasteiger partial charge >= 0.3 is 5.97 Å². The molecule has 1 atom stereocenters. The van der Waals surface area contributed by atoms with E-state index in [4.69, 9.17) is 10.1 Å².